The fraction of sp³-hybridized carbons (Fsp3) is 0.357. The van der Waals surface area contributed by atoms with Crippen molar-refractivity contribution < 1.29 is 13.2 Å². The lowest BCUT2D eigenvalue weighted by Crippen LogP contribution is -2.06. The number of nitrogens with one attached hydrogen (secondary N) is 1. The van der Waals surface area contributed by atoms with E-state index >= 15 is 0 Å². The van der Waals surface area contributed by atoms with E-state index in [1.165, 1.54) is 6.07 Å². The molecule has 1 heterocycles. The quantitative estimate of drug-likeness (QED) is 0.843. The Bertz CT molecular complexity index is 624. The zero-order valence-corrected chi connectivity index (χ0v) is 11.0. The summed E-state index contributed by atoms with van der Waals surface area (Å²) in [4.78, 5) is 4.19. The van der Waals surface area contributed by atoms with Gasteiger partial charge in [-0.1, -0.05) is 13.8 Å². The summed E-state index contributed by atoms with van der Waals surface area (Å²) >= 11 is 0. The van der Waals surface area contributed by atoms with Gasteiger partial charge < -0.3 is 5.32 Å². The lowest BCUT2D eigenvalue weighted by Gasteiger charge is -2.14. The van der Waals surface area contributed by atoms with Crippen LogP contribution in [-0.2, 0) is 0 Å². The van der Waals surface area contributed by atoms with Crippen molar-refractivity contribution in [3.8, 4) is 0 Å². The van der Waals surface area contributed by atoms with Gasteiger partial charge in [0.1, 0.15) is 5.82 Å². The Morgan fingerprint density at radius 3 is 2.42 bits per heavy atom. The number of aromatic nitrogens is 1. The van der Waals surface area contributed by atoms with Crippen LogP contribution >= 0.6 is 0 Å². The summed E-state index contributed by atoms with van der Waals surface area (Å²) in [5, 5.41) is 3.06. The number of hydrogen-bond acceptors (Lipinski definition) is 2. The molecule has 0 spiro atoms. The van der Waals surface area contributed by atoms with Crippen molar-refractivity contribution in [2.45, 2.75) is 26.7 Å². The van der Waals surface area contributed by atoms with Crippen LogP contribution in [0.25, 0.3) is 10.9 Å². The van der Waals surface area contributed by atoms with Gasteiger partial charge in [0.25, 0.3) is 0 Å². The zero-order valence-electron chi connectivity index (χ0n) is 11.0. The van der Waals surface area contributed by atoms with Gasteiger partial charge in [0, 0.05) is 18.0 Å². The summed E-state index contributed by atoms with van der Waals surface area (Å²) in [6.45, 7) is 6.41. The molecule has 0 fully saturated rings. The second-order valence-electron chi connectivity index (χ2n) is 4.66. The van der Waals surface area contributed by atoms with Crippen LogP contribution < -0.4 is 5.32 Å². The van der Waals surface area contributed by atoms with Gasteiger partial charge >= 0.3 is 0 Å². The molecule has 2 aromatic rings. The highest BCUT2D eigenvalue weighted by Gasteiger charge is 2.17. The molecule has 2 nitrogen and oxygen atoms in total. The Kier molecular flexibility index (Phi) is 3.64. The van der Waals surface area contributed by atoms with E-state index in [4.69, 9.17) is 0 Å². The average molecular weight is 268 g/mol. The van der Waals surface area contributed by atoms with Crippen LogP contribution in [0.3, 0.4) is 0 Å². The minimum atomic E-state index is -1.46. The minimum Gasteiger partial charge on any atom is -0.370 e. The maximum absolute atomic E-state index is 13.7. The van der Waals surface area contributed by atoms with Crippen LogP contribution in [0, 0.1) is 17.5 Å². The molecule has 0 saturated heterocycles. The summed E-state index contributed by atoms with van der Waals surface area (Å²) in [5.74, 6) is -3.20. The van der Waals surface area contributed by atoms with Gasteiger partial charge in [0.2, 0.25) is 0 Å². The van der Waals surface area contributed by atoms with Crippen LogP contribution in [0.5, 0.6) is 0 Å². The highest BCUT2D eigenvalue weighted by Crippen LogP contribution is 2.29. The van der Waals surface area contributed by atoms with Gasteiger partial charge in [-0.25, -0.2) is 18.2 Å². The van der Waals surface area contributed by atoms with Crippen LogP contribution in [0.15, 0.2) is 12.1 Å². The van der Waals surface area contributed by atoms with E-state index in [0.717, 1.165) is 11.6 Å². The number of rotatable bonds is 3. The molecule has 1 aromatic carbocycles. The number of hydrogen-bond donors (Lipinski definition) is 1. The highest BCUT2D eigenvalue weighted by atomic mass is 19.2. The highest BCUT2D eigenvalue weighted by molar-refractivity contribution is 5.82. The van der Waals surface area contributed by atoms with Crippen molar-refractivity contribution in [1.82, 2.24) is 4.98 Å². The van der Waals surface area contributed by atoms with E-state index in [1.54, 1.807) is 0 Å². The number of pyridine rings is 1. The van der Waals surface area contributed by atoms with E-state index in [0.29, 0.717) is 12.4 Å². The monoisotopic (exact) mass is 268 g/mol. The molecule has 1 aromatic heterocycles. The van der Waals surface area contributed by atoms with Crippen molar-refractivity contribution >= 4 is 16.7 Å². The molecular formula is C14H15F3N2. The maximum atomic E-state index is 13.7. The fourth-order valence-electron chi connectivity index (χ4n) is 1.98. The van der Waals surface area contributed by atoms with Crippen LogP contribution in [0.4, 0.5) is 19.0 Å². The smallest absolute Gasteiger partial charge is 0.195 e. The molecule has 0 atom stereocenters. The first-order valence-corrected chi connectivity index (χ1v) is 6.17. The van der Waals surface area contributed by atoms with E-state index < -0.39 is 17.5 Å². The van der Waals surface area contributed by atoms with Crippen molar-refractivity contribution in [2.75, 3.05) is 11.9 Å². The average Bonchev–Trinajstić information content (AvgIpc) is 2.36. The number of benzene rings is 1. The van der Waals surface area contributed by atoms with E-state index in [1.807, 2.05) is 20.8 Å². The molecule has 0 aliphatic rings. The first-order valence-electron chi connectivity index (χ1n) is 6.17. The van der Waals surface area contributed by atoms with E-state index in [2.05, 4.69) is 10.3 Å². The molecule has 0 saturated carbocycles. The topological polar surface area (TPSA) is 24.9 Å². The molecule has 0 radical (unpaired) electrons. The second kappa shape index (κ2) is 5.07. The molecule has 0 bridgehead atoms. The molecule has 19 heavy (non-hydrogen) atoms. The third kappa shape index (κ3) is 2.37. The first kappa shape index (κ1) is 13.6. The lowest BCUT2D eigenvalue weighted by atomic mass is 10.0. The van der Waals surface area contributed by atoms with Crippen molar-refractivity contribution in [2.24, 2.45) is 0 Å². The Balaban J connectivity index is 2.77. The van der Waals surface area contributed by atoms with E-state index in [9.17, 15) is 13.2 Å². The Hall–Kier alpha value is -1.78. The summed E-state index contributed by atoms with van der Waals surface area (Å²) in [7, 11) is 0. The van der Waals surface area contributed by atoms with Crippen molar-refractivity contribution in [3.63, 3.8) is 0 Å². The third-order valence-electron chi connectivity index (χ3n) is 2.95. The molecule has 0 aliphatic heterocycles. The molecule has 5 heteroatoms. The molecule has 0 unspecified atom stereocenters. The van der Waals surface area contributed by atoms with E-state index in [-0.39, 0.29) is 16.8 Å². The molecule has 102 valence electrons. The summed E-state index contributed by atoms with van der Waals surface area (Å²) in [5.41, 5.74) is 0.885. The van der Waals surface area contributed by atoms with Crippen molar-refractivity contribution in [3.05, 3.63) is 35.1 Å². The third-order valence-corrected chi connectivity index (χ3v) is 2.95. The normalized spacial score (nSPS) is 11.3. The van der Waals surface area contributed by atoms with Gasteiger partial charge in [-0.15, -0.1) is 0 Å². The molecule has 2 rings (SSSR count). The summed E-state index contributed by atoms with van der Waals surface area (Å²) < 4.78 is 40.2. The molecule has 0 amide bonds. The van der Waals surface area contributed by atoms with Gasteiger partial charge in [-0.3, -0.25) is 0 Å². The van der Waals surface area contributed by atoms with Gasteiger partial charge in [-0.2, -0.15) is 0 Å². The first-order chi connectivity index (χ1) is 8.95. The van der Waals surface area contributed by atoms with Gasteiger partial charge in [0.15, 0.2) is 17.5 Å². The Morgan fingerprint density at radius 2 is 1.84 bits per heavy atom. The van der Waals surface area contributed by atoms with Crippen LogP contribution in [0.1, 0.15) is 32.3 Å². The minimum absolute atomic E-state index is 0.00394. The predicted molar refractivity (Wildman–Crippen MR) is 69.9 cm³/mol. The molecule has 0 aliphatic carbocycles. The number of fused-ring (bicyclic) bond motifs is 1. The largest absolute Gasteiger partial charge is 0.370 e. The second-order valence-corrected chi connectivity index (χ2v) is 4.66. The molecule has 1 N–H and O–H groups in total. The summed E-state index contributed by atoms with van der Waals surface area (Å²) in [6.07, 6.45) is 0. The fourth-order valence-corrected chi connectivity index (χ4v) is 1.98. The van der Waals surface area contributed by atoms with Crippen LogP contribution in [0.2, 0.25) is 0 Å². The zero-order chi connectivity index (χ0) is 14.2. The molecular weight excluding hydrogens is 253 g/mol. The van der Waals surface area contributed by atoms with Crippen LogP contribution in [-0.4, -0.2) is 11.5 Å². The Morgan fingerprint density at radius 1 is 1.16 bits per heavy atom. The lowest BCUT2D eigenvalue weighted by molar-refractivity contribution is 0.453. The Labute approximate surface area is 109 Å². The number of halogens is 3. The maximum Gasteiger partial charge on any atom is 0.195 e. The van der Waals surface area contributed by atoms with Gasteiger partial charge in [0.05, 0.1) is 5.52 Å². The summed E-state index contributed by atoms with van der Waals surface area (Å²) in [6, 6.07) is 2.45. The standard InChI is InChI=1S/C14H15F3N2/c1-4-18-14-8(7(2)3)5-9-11(19-14)6-10(15)13(17)12(9)16/h5-7H,4H2,1-3H3,(H,18,19). The van der Waals surface area contributed by atoms with Crippen molar-refractivity contribution in [1.29, 1.82) is 0 Å². The van der Waals surface area contributed by atoms with Gasteiger partial charge in [-0.05, 0) is 24.5 Å². The number of nitrogens with zero attached hydrogens (tertiary/aromatic N) is 1. The number of anilines is 1. The predicted octanol–water partition coefficient (Wildman–Crippen LogP) is 4.21. The SMILES string of the molecule is CCNc1nc2cc(F)c(F)c(F)c2cc1C(C)C.